The zero-order valence-electron chi connectivity index (χ0n) is 11.6. The smallest absolute Gasteiger partial charge is 0.335 e. The lowest BCUT2D eigenvalue weighted by molar-refractivity contribution is -0.133. The fourth-order valence-electron chi connectivity index (χ4n) is 1.10. The molecule has 6 nitrogen and oxygen atoms in total. The second-order valence-corrected chi connectivity index (χ2v) is 3.53. The zero-order valence-corrected chi connectivity index (χ0v) is 11.6. The summed E-state index contributed by atoms with van der Waals surface area (Å²) in [5.41, 5.74) is 0. The molecule has 6 heteroatoms. The molecule has 0 heterocycles. The molecule has 0 amide bonds. The molecule has 0 aliphatic carbocycles. The van der Waals surface area contributed by atoms with Gasteiger partial charge in [-0.25, -0.2) is 9.59 Å². The maximum Gasteiger partial charge on any atom is 0.335 e. The molecular formula is C16H14O6. The summed E-state index contributed by atoms with van der Waals surface area (Å²) in [4.78, 5) is 21.5. The minimum atomic E-state index is -0.576. The first-order valence-electron chi connectivity index (χ1n) is 6.05. The van der Waals surface area contributed by atoms with Gasteiger partial charge in [-0.05, 0) is 24.3 Å². The van der Waals surface area contributed by atoms with Gasteiger partial charge in [0.25, 0.3) is 0 Å². The highest BCUT2D eigenvalue weighted by Crippen LogP contribution is 2.17. The largest absolute Gasteiger partial charge is 0.462 e. The number of hydrogen-bond donors (Lipinski definition) is 0. The second-order valence-electron chi connectivity index (χ2n) is 3.53. The number of carbonyl (C=O) groups excluding carboxylic acids is 2. The molecule has 0 radical (unpaired) electrons. The van der Waals surface area contributed by atoms with Crippen LogP contribution >= 0.6 is 0 Å². The van der Waals surface area contributed by atoms with E-state index < -0.39 is 11.9 Å². The van der Waals surface area contributed by atoms with Crippen molar-refractivity contribution >= 4 is 11.9 Å². The van der Waals surface area contributed by atoms with Crippen LogP contribution in [0.2, 0.25) is 0 Å². The van der Waals surface area contributed by atoms with Gasteiger partial charge in [0, 0.05) is 12.2 Å². The van der Waals surface area contributed by atoms with Gasteiger partial charge in [-0.3, -0.25) is 0 Å². The van der Waals surface area contributed by atoms with Crippen LogP contribution in [0, 0.1) is 0 Å². The van der Waals surface area contributed by atoms with Crippen molar-refractivity contribution in [3.05, 3.63) is 74.6 Å². The predicted octanol–water partition coefficient (Wildman–Crippen LogP) is 2.85. The first-order valence-corrected chi connectivity index (χ1v) is 6.05. The molecule has 0 saturated carbocycles. The molecule has 22 heavy (non-hydrogen) atoms. The van der Waals surface area contributed by atoms with Crippen LogP contribution < -0.4 is 9.47 Å². The van der Waals surface area contributed by atoms with Crippen molar-refractivity contribution in [2.75, 3.05) is 0 Å². The molecule has 1 aromatic carbocycles. The van der Waals surface area contributed by atoms with Crippen molar-refractivity contribution in [3.63, 3.8) is 0 Å². The van der Waals surface area contributed by atoms with E-state index in [1.54, 1.807) is 24.3 Å². The summed E-state index contributed by atoms with van der Waals surface area (Å²) in [5.74, 6) is -0.124. The number of hydrogen-bond acceptors (Lipinski definition) is 6. The number of esters is 2. The quantitative estimate of drug-likeness (QED) is 0.418. The third-order valence-corrected chi connectivity index (χ3v) is 2.04. The zero-order chi connectivity index (χ0) is 16.2. The van der Waals surface area contributed by atoms with E-state index >= 15 is 0 Å². The van der Waals surface area contributed by atoms with Crippen LogP contribution in [-0.4, -0.2) is 11.9 Å². The number of ether oxygens (including phenoxy) is 4. The lowest BCUT2D eigenvalue weighted by atomic mass is 10.3. The molecule has 0 aliphatic rings. The lowest BCUT2D eigenvalue weighted by Crippen LogP contribution is -1.93. The Morgan fingerprint density at radius 1 is 0.727 bits per heavy atom. The van der Waals surface area contributed by atoms with Gasteiger partial charge in [0.2, 0.25) is 0 Å². The average molecular weight is 302 g/mol. The number of carbonyl (C=O) groups is 2. The Kier molecular flexibility index (Phi) is 7.32. The van der Waals surface area contributed by atoms with E-state index in [1.807, 2.05) is 0 Å². The van der Waals surface area contributed by atoms with E-state index in [0.717, 1.165) is 24.7 Å². The van der Waals surface area contributed by atoms with Crippen LogP contribution in [0.1, 0.15) is 0 Å². The van der Waals surface area contributed by atoms with Gasteiger partial charge in [0.1, 0.15) is 36.5 Å². The van der Waals surface area contributed by atoms with Crippen LogP contribution in [0.15, 0.2) is 74.6 Å². The SMILES string of the molecule is C=CC(=O)O/C=C\Oc1ccc(O/C=C\OC(=O)C=C)cc1. The van der Waals surface area contributed by atoms with Gasteiger partial charge in [-0.1, -0.05) is 13.2 Å². The summed E-state index contributed by atoms with van der Waals surface area (Å²) in [6.45, 7) is 6.50. The van der Waals surface area contributed by atoms with Gasteiger partial charge in [0.05, 0.1) is 0 Å². The molecule has 1 rings (SSSR count). The summed E-state index contributed by atoms with van der Waals surface area (Å²) in [7, 11) is 0. The third-order valence-electron chi connectivity index (χ3n) is 2.04. The molecule has 0 aliphatic heterocycles. The van der Waals surface area contributed by atoms with E-state index in [2.05, 4.69) is 22.6 Å². The Hall–Kier alpha value is -3.28. The fourth-order valence-corrected chi connectivity index (χ4v) is 1.10. The van der Waals surface area contributed by atoms with E-state index in [1.165, 1.54) is 12.5 Å². The van der Waals surface area contributed by atoms with Crippen molar-refractivity contribution in [1.29, 1.82) is 0 Å². The van der Waals surface area contributed by atoms with Crippen molar-refractivity contribution in [1.82, 2.24) is 0 Å². The standard InChI is InChI=1S/C16H14O6/c1-3-15(17)21-11-9-19-13-5-7-14(8-6-13)20-10-12-22-16(18)4-2/h3-12H,1-2H2/b11-9-,12-10-. The highest BCUT2D eigenvalue weighted by molar-refractivity contribution is 5.81. The number of benzene rings is 1. The summed E-state index contributed by atoms with van der Waals surface area (Å²) >= 11 is 0. The van der Waals surface area contributed by atoms with E-state index in [-0.39, 0.29) is 0 Å². The highest BCUT2D eigenvalue weighted by Gasteiger charge is 1.95. The molecule has 0 atom stereocenters. The fraction of sp³-hybridized carbons (Fsp3) is 0. The molecule has 114 valence electrons. The van der Waals surface area contributed by atoms with Gasteiger partial charge >= 0.3 is 11.9 Å². The normalized spacial score (nSPS) is 10.2. The van der Waals surface area contributed by atoms with Crippen molar-refractivity contribution in [2.45, 2.75) is 0 Å². The Labute approximate surface area is 127 Å². The molecular weight excluding hydrogens is 288 g/mol. The molecule has 0 saturated heterocycles. The van der Waals surface area contributed by atoms with Crippen LogP contribution in [0.4, 0.5) is 0 Å². The van der Waals surface area contributed by atoms with E-state index in [9.17, 15) is 9.59 Å². The lowest BCUT2D eigenvalue weighted by Gasteiger charge is -2.02. The molecule has 0 aromatic heterocycles. The van der Waals surface area contributed by atoms with Crippen LogP contribution in [0.25, 0.3) is 0 Å². The van der Waals surface area contributed by atoms with E-state index in [4.69, 9.17) is 9.47 Å². The van der Waals surface area contributed by atoms with E-state index in [0.29, 0.717) is 11.5 Å². The van der Waals surface area contributed by atoms with Gasteiger partial charge in [-0.15, -0.1) is 0 Å². The Morgan fingerprint density at radius 2 is 1.09 bits per heavy atom. The van der Waals surface area contributed by atoms with Crippen LogP contribution in [0.5, 0.6) is 11.5 Å². The molecule has 1 aromatic rings. The predicted molar refractivity (Wildman–Crippen MR) is 78.6 cm³/mol. The molecule has 0 fully saturated rings. The Balaban J connectivity index is 2.39. The Morgan fingerprint density at radius 3 is 1.41 bits per heavy atom. The van der Waals surface area contributed by atoms with Crippen LogP contribution in [-0.2, 0) is 19.1 Å². The third kappa shape index (κ3) is 6.76. The second kappa shape index (κ2) is 9.60. The monoisotopic (exact) mass is 302 g/mol. The number of rotatable bonds is 8. The van der Waals surface area contributed by atoms with Crippen molar-refractivity contribution in [2.24, 2.45) is 0 Å². The Bertz CT molecular complexity index is 530. The van der Waals surface area contributed by atoms with Crippen molar-refractivity contribution in [3.8, 4) is 11.5 Å². The van der Waals surface area contributed by atoms with Gasteiger partial charge in [0.15, 0.2) is 0 Å². The maximum atomic E-state index is 10.7. The first-order chi connectivity index (χ1) is 10.7. The summed E-state index contributed by atoms with van der Waals surface area (Å²) in [5, 5.41) is 0. The van der Waals surface area contributed by atoms with Gasteiger partial charge in [-0.2, -0.15) is 0 Å². The summed E-state index contributed by atoms with van der Waals surface area (Å²) in [6.07, 6.45) is 6.71. The minimum Gasteiger partial charge on any atom is -0.462 e. The molecule has 0 unspecified atom stereocenters. The molecule has 0 bridgehead atoms. The highest BCUT2D eigenvalue weighted by atomic mass is 16.5. The first kappa shape index (κ1) is 16.8. The van der Waals surface area contributed by atoms with Gasteiger partial charge < -0.3 is 18.9 Å². The summed E-state index contributed by atoms with van der Waals surface area (Å²) < 4.78 is 19.5. The minimum absolute atomic E-state index is 0.514. The summed E-state index contributed by atoms with van der Waals surface area (Å²) in [6, 6.07) is 6.55. The average Bonchev–Trinajstić information content (AvgIpc) is 2.56. The van der Waals surface area contributed by atoms with Crippen molar-refractivity contribution < 1.29 is 28.5 Å². The topological polar surface area (TPSA) is 71.1 Å². The molecule has 0 spiro atoms. The molecule has 0 N–H and O–H groups in total. The van der Waals surface area contributed by atoms with Crippen LogP contribution in [0.3, 0.4) is 0 Å². The maximum absolute atomic E-state index is 10.7.